The van der Waals surface area contributed by atoms with E-state index in [2.05, 4.69) is 10.2 Å². The van der Waals surface area contributed by atoms with Crippen molar-refractivity contribution in [1.82, 2.24) is 10.2 Å². The molecule has 19 heavy (non-hydrogen) atoms. The van der Waals surface area contributed by atoms with E-state index in [-0.39, 0.29) is 5.97 Å². The minimum absolute atomic E-state index is 0.346. The molecule has 1 aromatic carbocycles. The molecule has 0 fully saturated rings. The van der Waals surface area contributed by atoms with Crippen LogP contribution in [0.5, 0.6) is 0 Å². The minimum atomic E-state index is -0.346. The van der Waals surface area contributed by atoms with Crippen LogP contribution in [0.3, 0.4) is 0 Å². The van der Waals surface area contributed by atoms with Crippen LogP contribution in [0.4, 0.5) is 0 Å². The molecule has 0 amide bonds. The first-order valence-electron chi connectivity index (χ1n) is 6.21. The van der Waals surface area contributed by atoms with E-state index < -0.39 is 0 Å². The summed E-state index contributed by atoms with van der Waals surface area (Å²) in [6, 6.07) is 7.95. The number of benzene rings is 1. The first kappa shape index (κ1) is 13.3. The van der Waals surface area contributed by atoms with Crippen LogP contribution in [0.25, 0.3) is 0 Å². The smallest absolute Gasteiger partial charge is 0.341 e. The molecule has 5 heteroatoms. The van der Waals surface area contributed by atoms with Crippen LogP contribution in [-0.2, 0) is 17.7 Å². The first-order valence-corrected chi connectivity index (χ1v) is 6.21. The number of H-pyrrole nitrogens is 1. The number of carbonyl (C=O) groups is 1. The third-order valence-electron chi connectivity index (χ3n) is 2.82. The number of nitrogens with zero attached hydrogens (tertiary/aromatic N) is 1. The van der Waals surface area contributed by atoms with E-state index in [0.29, 0.717) is 25.1 Å². The average molecular weight is 259 g/mol. The summed E-state index contributed by atoms with van der Waals surface area (Å²) in [5.74, 6) is -0.346. The van der Waals surface area contributed by atoms with Gasteiger partial charge in [0.25, 0.3) is 0 Å². The van der Waals surface area contributed by atoms with Crippen LogP contribution in [0.1, 0.15) is 34.1 Å². The molecule has 0 aliphatic carbocycles. The number of hydrogen-bond donors (Lipinski definition) is 2. The van der Waals surface area contributed by atoms with Crippen LogP contribution in [-0.4, -0.2) is 22.8 Å². The lowest BCUT2D eigenvalue weighted by Crippen LogP contribution is -2.07. The van der Waals surface area contributed by atoms with Gasteiger partial charge in [0.2, 0.25) is 0 Å². The minimum Gasteiger partial charge on any atom is -0.462 e. The Hall–Kier alpha value is -2.14. The van der Waals surface area contributed by atoms with E-state index in [9.17, 15) is 4.79 Å². The highest BCUT2D eigenvalue weighted by atomic mass is 16.5. The van der Waals surface area contributed by atoms with Crippen LogP contribution in [0, 0.1) is 0 Å². The highest BCUT2D eigenvalue weighted by Crippen LogP contribution is 2.14. The molecule has 0 bridgehead atoms. The SMILES string of the molecule is CCOC(=O)c1cn[nH]c1Cc1cccc(CN)c1. The largest absolute Gasteiger partial charge is 0.462 e. The number of esters is 1. The van der Waals surface area contributed by atoms with E-state index in [0.717, 1.165) is 16.8 Å². The van der Waals surface area contributed by atoms with Crippen LogP contribution < -0.4 is 5.73 Å². The molecule has 0 atom stereocenters. The van der Waals surface area contributed by atoms with Gasteiger partial charge in [-0.3, -0.25) is 5.10 Å². The summed E-state index contributed by atoms with van der Waals surface area (Å²) in [6.45, 7) is 2.63. The van der Waals surface area contributed by atoms with E-state index in [1.807, 2.05) is 24.3 Å². The highest BCUT2D eigenvalue weighted by Gasteiger charge is 2.14. The molecule has 0 radical (unpaired) electrons. The quantitative estimate of drug-likeness (QED) is 0.800. The zero-order chi connectivity index (χ0) is 13.7. The van der Waals surface area contributed by atoms with Crippen LogP contribution in [0.15, 0.2) is 30.5 Å². The summed E-state index contributed by atoms with van der Waals surface area (Å²) < 4.78 is 4.99. The zero-order valence-electron chi connectivity index (χ0n) is 10.8. The summed E-state index contributed by atoms with van der Waals surface area (Å²) >= 11 is 0. The second-order valence-electron chi connectivity index (χ2n) is 4.18. The molecular formula is C14H17N3O2. The predicted molar refractivity (Wildman–Crippen MR) is 71.7 cm³/mol. The lowest BCUT2D eigenvalue weighted by molar-refractivity contribution is 0.0525. The zero-order valence-corrected chi connectivity index (χ0v) is 10.8. The van der Waals surface area contributed by atoms with Gasteiger partial charge in [0.15, 0.2) is 0 Å². The molecule has 0 aliphatic rings. The molecule has 2 aromatic rings. The Kier molecular flexibility index (Phi) is 4.30. The Morgan fingerprint density at radius 3 is 2.95 bits per heavy atom. The maximum absolute atomic E-state index is 11.7. The highest BCUT2D eigenvalue weighted by molar-refractivity contribution is 5.90. The fourth-order valence-corrected chi connectivity index (χ4v) is 1.90. The number of nitrogens with one attached hydrogen (secondary N) is 1. The molecule has 0 unspecified atom stereocenters. The Morgan fingerprint density at radius 2 is 2.21 bits per heavy atom. The Labute approximate surface area is 111 Å². The Balaban J connectivity index is 2.19. The van der Waals surface area contributed by atoms with Crippen molar-refractivity contribution in [1.29, 1.82) is 0 Å². The van der Waals surface area contributed by atoms with Crippen molar-refractivity contribution in [3.63, 3.8) is 0 Å². The molecule has 100 valence electrons. The van der Waals surface area contributed by atoms with Crippen molar-refractivity contribution in [2.24, 2.45) is 5.73 Å². The van der Waals surface area contributed by atoms with Gasteiger partial charge in [0.05, 0.1) is 18.5 Å². The van der Waals surface area contributed by atoms with Gasteiger partial charge >= 0.3 is 5.97 Å². The third kappa shape index (κ3) is 3.20. The molecule has 5 nitrogen and oxygen atoms in total. The molecule has 1 aromatic heterocycles. The number of rotatable bonds is 5. The number of hydrogen-bond acceptors (Lipinski definition) is 4. The van der Waals surface area contributed by atoms with Gasteiger partial charge < -0.3 is 10.5 Å². The summed E-state index contributed by atoms with van der Waals surface area (Å²) in [4.78, 5) is 11.7. The van der Waals surface area contributed by atoms with Gasteiger partial charge in [0.1, 0.15) is 5.56 Å². The van der Waals surface area contributed by atoms with E-state index in [1.54, 1.807) is 6.92 Å². The van der Waals surface area contributed by atoms with Crippen LogP contribution >= 0.6 is 0 Å². The summed E-state index contributed by atoms with van der Waals surface area (Å²) in [7, 11) is 0. The number of carbonyl (C=O) groups excluding carboxylic acids is 1. The van der Waals surface area contributed by atoms with Gasteiger partial charge in [-0.25, -0.2) is 4.79 Å². The van der Waals surface area contributed by atoms with Crippen molar-refractivity contribution >= 4 is 5.97 Å². The number of ether oxygens (including phenoxy) is 1. The summed E-state index contributed by atoms with van der Waals surface area (Å²) in [5, 5.41) is 6.76. The topological polar surface area (TPSA) is 81.0 Å². The van der Waals surface area contributed by atoms with E-state index in [4.69, 9.17) is 10.5 Å². The van der Waals surface area contributed by atoms with Gasteiger partial charge in [-0.05, 0) is 18.1 Å². The number of nitrogens with two attached hydrogens (primary N) is 1. The van der Waals surface area contributed by atoms with Crippen molar-refractivity contribution in [3.05, 3.63) is 52.8 Å². The van der Waals surface area contributed by atoms with Crippen molar-refractivity contribution in [2.75, 3.05) is 6.61 Å². The van der Waals surface area contributed by atoms with Gasteiger partial charge in [-0.1, -0.05) is 24.3 Å². The van der Waals surface area contributed by atoms with Crippen molar-refractivity contribution in [3.8, 4) is 0 Å². The normalized spacial score (nSPS) is 10.4. The molecule has 2 rings (SSSR count). The monoisotopic (exact) mass is 259 g/mol. The van der Waals surface area contributed by atoms with E-state index >= 15 is 0 Å². The third-order valence-corrected chi connectivity index (χ3v) is 2.82. The lowest BCUT2D eigenvalue weighted by atomic mass is 10.0. The van der Waals surface area contributed by atoms with Crippen molar-refractivity contribution < 1.29 is 9.53 Å². The predicted octanol–water partition coefficient (Wildman–Crippen LogP) is 1.64. The molecule has 3 N–H and O–H groups in total. The van der Waals surface area contributed by atoms with Gasteiger partial charge in [-0.2, -0.15) is 5.10 Å². The van der Waals surface area contributed by atoms with Gasteiger partial charge in [0, 0.05) is 13.0 Å². The molecule has 0 saturated carbocycles. The molecule has 1 heterocycles. The second-order valence-corrected chi connectivity index (χ2v) is 4.18. The standard InChI is InChI=1S/C14H17N3O2/c1-2-19-14(18)12-9-16-17-13(12)7-10-4-3-5-11(6-10)8-15/h3-6,9H,2,7-8,15H2,1H3,(H,16,17). The fourth-order valence-electron chi connectivity index (χ4n) is 1.90. The maximum atomic E-state index is 11.7. The lowest BCUT2D eigenvalue weighted by Gasteiger charge is -2.05. The van der Waals surface area contributed by atoms with Crippen molar-refractivity contribution in [2.45, 2.75) is 19.9 Å². The summed E-state index contributed by atoms with van der Waals surface area (Å²) in [5.41, 5.74) is 9.00. The average Bonchev–Trinajstić information content (AvgIpc) is 2.87. The van der Waals surface area contributed by atoms with Gasteiger partial charge in [-0.15, -0.1) is 0 Å². The second kappa shape index (κ2) is 6.15. The summed E-state index contributed by atoms with van der Waals surface area (Å²) in [6.07, 6.45) is 2.10. The first-order chi connectivity index (χ1) is 9.24. The number of aromatic amines is 1. The Bertz CT molecular complexity index is 563. The molecule has 0 spiro atoms. The van der Waals surface area contributed by atoms with E-state index in [1.165, 1.54) is 6.20 Å². The number of aromatic nitrogens is 2. The Morgan fingerprint density at radius 1 is 1.42 bits per heavy atom. The maximum Gasteiger partial charge on any atom is 0.341 e. The molecule has 0 aliphatic heterocycles. The molecular weight excluding hydrogens is 242 g/mol. The molecule has 0 saturated heterocycles. The fraction of sp³-hybridized carbons (Fsp3) is 0.286. The van der Waals surface area contributed by atoms with Crippen LogP contribution in [0.2, 0.25) is 0 Å².